The minimum Gasteiger partial charge on any atom is -0.480 e. The Morgan fingerprint density at radius 1 is 0.889 bits per heavy atom. The number of nitrogens with two attached hydrogens (primary N) is 2. The first-order valence-electron chi connectivity index (χ1n) is 17.7. The maximum absolute atomic E-state index is 13.8. The van der Waals surface area contributed by atoms with Crippen LogP contribution in [-0.2, 0) is 49.6 Å². The fourth-order valence-electron chi connectivity index (χ4n) is 5.68. The Morgan fingerprint density at radius 3 is 2.13 bits per heavy atom. The van der Waals surface area contributed by atoms with Crippen LogP contribution in [0.1, 0.15) is 65.5 Å². The van der Waals surface area contributed by atoms with Gasteiger partial charge in [-0.1, -0.05) is 27.7 Å². The molecule has 0 unspecified atom stereocenters. The topological polar surface area (TPSA) is 330 Å². The number of carboxylic acid groups (broad SMARTS) is 1. The average molecular weight is 764 g/mol. The Bertz CT molecular complexity index is 1500. The largest absolute Gasteiger partial charge is 0.480 e. The molecule has 12 N–H and O–H groups in total. The van der Waals surface area contributed by atoms with Gasteiger partial charge in [-0.3, -0.25) is 43.2 Å². The van der Waals surface area contributed by atoms with Crippen LogP contribution in [-0.4, -0.2) is 130 Å². The fourth-order valence-corrected chi connectivity index (χ4v) is 5.68. The van der Waals surface area contributed by atoms with Crippen molar-refractivity contribution in [1.82, 2.24) is 46.8 Å². The Balaban J connectivity index is 2.26. The molecule has 300 valence electrons. The lowest BCUT2D eigenvalue weighted by Crippen LogP contribution is -2.60. The lowest BCUT2D eigenvalue weighted by molar-refractivity contribution is -0.143. The first-order chi connectivity index (χ1) is 25.4. The molecule has 1 aliphatic heterocycles. The first-order valence-corrected chi connectivity index (χ1v) is 17.7. The van der Waals surface area contributed by atoms with Gasteiger partial charge in [-0.25, -0.2) is 4.98 Å². The molecule has 21 nitrogen and oxygen atoms in total. The molecule has 0 saturated carbocycles. The second-order valence-corrected chi connectivity index (χ2v) is 13.7. The molecular formula is C33H53N11O10. The zero-order valence-electron chi connectivity index (χ0n) is 30.9. The molecule has 54 heavy (non-hydrogen) atoms. The Labute approximate surface area is 312 Å². The van der Waals surface area contributed by atoms with E-state index in [1.165, 1.54) is 17.4 Å². The highest BCUT2D eigenvalue weighted by molar-refractivity contribution is 5.97. The molecule has 0 aliphatic carbocycles. The molecule has 2 rings (SSSR count). The van der Waals surface area contributed by atoms with Crippen molar-refractivity contribution in [3.05, 3.63) is 18.2 Å². The number of amides is 8. The van der Waals surface area contributed by atoms with E-state index in [1.54, 1.807) is 13.8 Å². The zero-order valence-corrected chi connectivity index (χ0v) is 30.9. The maximum Gasteiger partial charge on any atom is 0.322 e. The van der Waals surface area contributed by atoms with Gasteiger partial charge in [-0.2, -0.15) is 0 Å². The number of hydrogen-bond acceptors (Lipinski definition) is 11. The Hall–Kier alpha value is -5.60. The highest BCUT2D eigenvalue weighted by Gasteiger charge is 2.39. The maximum atomic E-state index is 13.8. The third-order valence-corrected chi connectivity index (χ3v) is 8.40. The van der Waals surface area contributed by atoms with E-state index in [-0.39, 0.29) is 51.1 Å². The monoisotopic (exact) mass is 763 g/mol. The van der Waals surface area contributed by atoms with Crippen LogP contribution in [0.5, 0.6) is 0 Å². The minimum atomic E-state index is -1.33. The summed E-state index contributed by atoms with van der Waals surface area (Å²) in [6, 6.07) is -5.97. The highest BCUT2D eigenvalue weighted by Crippen LogP contribution is 2.20. The predicted octanol–water partition coefficient (Wildman–Crippen LogP) is -3.87. The van der Waals surface area contributed by atoms with Crippen LogP contribution in [0.3, 0.4) is 0 Å². The van der Waals surface area contributed by atoms with Crippen LogP contribution >= 0.6 is 0 Å². The summed E-state index contributed by atoms with van der Waals surface area (Å²) in [4.78, 5) is 122. The number of primary amides is 1. The zero-order chi connectivity index (χ0) is 40.5. The molecule has 5 atom stereocenters. The summed E-state index contributed by atoms with van der Waals surface area (Å²) in [5.74, 6) is -7.60. The van der Waals surface area contributed by atoms with Gasteiger partial charge in [-0.05, 0) is 37.5 Å². The van der Waals surface area contributed by atoms with E-state index in [0.717, 1.165) is 0 Å². The number of hydrogen-bond donors (Lipinski definition) is 10. The quantitative estimate of drug-likeness (QED) is 0.0542. The van der Waals surface area contributed by atoms with Gasteiger partial charge in [0.2, 0.25) is 47.3 Å². The number of nitrogens with one attached hydrogen (secondary N) is 7. The molecule has 0 radical (unpaired) electrons. The van der Waals surface area contributed by atoms with Crippen molar-refractivity contribution in [3.63, 3.8) is 0 Å². The summed E-state index contributed by atoms with van der Waals surface area (Å²) in [6.45, 7) is 5.60. The van der Waals surface area contributed by atoms with Crippen molar-refractivity contribution >= 4 is 53.2 Å². The van der Waals surface area contributed by atoms with Gasteiger partial charge in [-0.15, -0.1) is 0 Å². The third kappa shape index (κ3) is 14.8. The van der Waals surface area contributed by atoms with Gasteiger partial charge in [0, 0.05) is 31.3 Å². The fraction of sp³-hybridized carbons (Fsp3) is 0.636. The van der Waals surface area contributed by atoms with E-state index >= 15 is 0 Å². The lowest BCUT2D eigenvalue weighted by atomic mass is 9.98. The number of carbonyl (C=O) groups excluding carboxylic acids is 8. The van der Waals surface area contributed by atoms with Gasteiger partial charge < -0.3 is 58.4 Å². The van der Waals surface area contributed by atoms with Crippen LogP contribution in [0.15, 0.2) is 12.5 Å². The van der Waals surface area contributed by atoms with E-state index < -0.39 is 102 Å². The van der Waals surface area contributed by atoms with E-state index in [4.69, 9.17) is 16.6 Å². The average Bonchev–Trinajstić information content (AvgIpc) is 3.81. The number of aromatic amines is 1. The summed E-state index contributed by atoms with van der Waals surface area (Å²) in [7, 11) is 0. The number of imidazole rings is 1. The van der Waals surface area contributed by atoms with Gasteiger partial charge >= 0.3 is 5.97 Å². The number of rotatable bonds is 22. The van der Waals surface area contributed by atoms with E-state index in [2.05, 4.69) is 41.9 Å². The lowest BCUT2D eigenvalue weighted by Gasteiger charge is -2.31. The molecule has 1 fully saturated rings. The van der Waals surface area contributed by atoms with Gasteiger partial charge in [0.1, 0.15) is 36.8 Å². The van der Waals surface area contributed by atoms with Crippen LogP contribution in [0, 0.1) is 11.8 Å². The van der Waals surface area contributed by atoms with Crippen molar-refractivity contribution in [3.8, 4) is 0 Å². The molecule has 1 aromatic heterocycles. The molecule has 0 spiro atoms. The van der Waals surface area contributed by atoms with Crippen molar-refractivity contribution in [2.24, 2.45) is 23.3 Å². The summed E-state index contributed by atoms with van der Waals surface area (Å²) in [5, 5.41) is 24.0. The summed E-state index contributed by atoms with van der Waals surface area (Å²) in [5.41, 5.74) is 11.1. The molecule has 0 bridgehead atoms. The second kappa shape index (κ2) is 21.8. The smallest absolute Gasteiger partial charge is 0.322 e. The van der Waals surface area contributed by atoms with Crippen molar-refractivity contribution in [1.29, 1.82) is 0 Å². The van der Waals surface area contributed by atoms with E-state index in [1.807, 2.05) is 13.8 Å². The Morgan fingerprint density at radius 2 is 1.56 bits per heavy atom. The molecular weight excluding hydrogens is 710 g/mol. The van der Waals surface area contributed by atoms with Crippen LogP contribution in [0.25, 0.3) is 0 Å². The molecule has 1 saturated heterocycles. The Kier molecular flexibility index (Phi) is 18.0. The molecule has 1 aromatic rings. The number of aromatic nitrogens is 2. The van der Waals surface area contributed by atoms with E-state index in [9.17, 15) is 43.2 Å². The number of likely N-dealkylation sites (tertiary alicyclic amines) is 1. The van der Waals surface area contributed by atoms with Crippen LogP contribution < -0.4 is 43.4 Å². The van der Waals surface area contributed by atoms with Gasteiger partial charge in [0.05, 0.1) is 19.4 Å². The molecule has 2 heterocycles. The van der Waals surface area contributed by atoms with Crippen LogP contribution in [0.4, 0.5) is 0 Å². The number of H-pyrrole nitrogens is 1. The van der Waals surface area contributed by atoms with Crippen molar-refractivity contribution in [2.45, 2.75) is 96.4 Å². The SMILES string of the molecule is CC(C)C[C@H](NC(=O)[C@H](Cc1cnc[nH]1)NC(=O)CNC(=O)CN)C(=O)N[C@H](C(=O)N[C@@H](CCC(N)=O)C(=O)N1CCC[C@H]1C(=O)NCC(=O)O)C(C)C. The van der Waals surface area contributed by atoms with Crippen molar-refractivity contribution < 1.29 is 48.3 Å². The van der Waals surface area contributed by atoms with Crippen molar-refractivity contribution in [2.75, 3.05) is 26.2 Å². The predicted molar refractivity (Wildman–Crippen MR) is 190 cm³/mol. The number of carboxylic acids is 1. The number of nitrogens with zero attached hydrogens (tertiary/aromatic N) is 2. The second-order valence-electron chi connectivity index (χ2n) is 13.7. The summed E-state index contributed by atoms with van der Waals surface area (Å²) in [6.07, 6.45) is 3.08. The molecule has 0 aromatic carbocycles. The number of aliphatic carboxylic acids is 1. The third-order valence-electron chi connectivity index (χ3n) is 8.40. The van der Waals surface area contributed by atoms with Crippen LogP contribution in [0.2, 0.25) is 0 Å². The molecule has 8 amide bonds. The minimum absolute atomic E-state index is 0.0464. The highest BCUT2D eigenvalue weighted by atomic mass is 16.4. The standard InChI is InChI=1S/C33H53N11O10/c1-17(2)10-21(42-29(50)22(11-19-13-36-16-39-19)40-26(47)14-37-25(46)12-34)30(51)43-28(18(3)4)32(53)41-20(7-8-24(35)45)33(54)44-9-5-6-23(44)31(52)38-15-27(48)49/h13,16-18,20-23,28H,5-12,14-15,34H2,1-4H3,(H2,35,45)(H,36,39)(H,37,46)(H,38,52)(H,40,47)(H,41,53)(H,42,50)(H,43,51)(H,48,49)/t20-,21-,22-,23-,28-/m0/s1. The summed E-state index contributed by atoms with van der Waals surface area (Å²) >= 11 is 0. The molecule has 21 heteroatoms. The van der Waals surface area contributed by atoms with Gasteiger partial charge in [0.25, 0.3) is 0 Å². The summed E-state index contributed by atoms with van der Waals surface area (Å²) < 4.78 is 0. The molecule has 1 aliphatic rings. The normalized spacial score (nSPS) is 16.1. The van der Waals surface area contributed by atoms with E-state index in [0.29, 0.717) is 12.1 Å². The number of carbonyl (C=O) groups is 9. The first kappa shape index (κ1) is 44.6. The van der Waals surface area contributed by atoms with Gasteiger partial charge in [0.15, 0.2) is 0 Å².